The third kappa shape index (κ3) is 5.98. The maximum atomic E-state index is 13.1. The molecule has 3 aromatic rings. The second-order valence-corrected chi connectivity index (χ2v) is 8.10. The summed E-state index contributed by atoms with van der Waals surface area (Å²) in [5.74, 6) is 2.34. The maximum Gasteiger partial charge on any atom is 0.222 e. The molecular formula is C26H30N2O4. The second-order valence-electron chi connectivity index (χ2n) is 8.10. The molecule has 1 saturated heterocycles. The van der Waals surface area contributed by atoms with E-state index in [2.05, 4.69) is 4.98 Å². The number of rotatable bonds is 10. The SMILES string of the molecule is COc1cccc(CN(CC2CCCO2)C(=O)CCCc2ncc(-c3ccccc3)o2)c1. The van der Waals surface area contributed by atoms with Crippen molar-refractivity contribution in [2.24, 2.45) is 0 Å². The number of carbonyl (C=O) groups excluding carboxylic acids is 1. The van der Waals surface area contributed by atoms with Crippen LogP contribution in [0.25, 0.3) is 11.3 Å². The van der Waals surface area contributed by atoms with Crippen LogP contribution in [0.2, 0.25) is 0 Å². The number of hydrogen-bond acceptors (Lipinski definition) is 5. The summed E-state index contributed by atoms with van der Waals surface area (Å²) in [6.07, 6.45) is 5.68. The van der Waals surface area contributed by atoms with E-state index in [1.165, 1.54) is 0 Å². The van der Waals surface area contributed by atoms with Gasteiger partial charge in [-0.1, -0.05) is 42.5 Å². The van der Waals surface area contributed by atoms with E-state index in [0.717, 1.165) is 42.1 Å². The third-order valence-electron chi connectivity index (χ3n) is 5.70. The van der Waals surface area contributed by atoms with Gasteiger partial charge in [-0.2, -0.15) is 0 Å². The van der Waals surface area contributed by atoms with Crippen LogP contribution in [0.4, 0.5) is 0 Å². The van der Waals surface area contributed by atoms with E-state index in [4.69, 9.17) is 13.9 Å². The molecule has 0 radical (unpaired) electrons. The van der Waals surface area contributed by atoms with Crippen LogP contribution in [0.3, 0.4) is 0 Å². The molecule has 0 aliphatic carbocycles. The van der Waals surface area contributed by atoms with E-state index >= 15 is 0 Å². The quantitative estimate of drug-likeness (QED) is 0.455. The average Bonchev–Trinajstić information content (AvgIpc) is 3.52. The highest BCUT2D eigenvalue weighted by atomic mass is 16.5. The number of benzene rings is 2. The summed E-state index contributed by atoms with van der Waals surface area (Å²) in [6.45, 7) is 1.94. The molecule has 1 atom stereocenters. The molecule has 168 valence electrons. The molecule has 1 aliphatic rings. The van der Waals surface area contributed by atoms with Crippen molar-refractivity contribution < 1.29 is 18.7 Å². The van der Waals surface area contributed by atoms with Gasteiger partial charge in [-0.3, -0.25) is 4.79 Å². The van der Waals surface area contributed by atoms with Crippen LogP contribution >= 0.6 is 0 Å². The third-order valence-corrected chi connectivity index (χ3v) is 5.70. The molecule has 0 N–H and O–H groups in total. The first-order valence-corrected chi connectivity index (χ1v) is 11.2. The maximum absolute atomic E-state index is 13.1. The van der Waals surface area contributed by atoms with Gasteiger partial charge in [-0.25, -0.2) is 4.98 Å². The van der Waals surface area contributed by atoms with Crippen molar-refractivity contribution in [1.82, 2.24) is 9.88 Å². The Morgan fingerprint density at radius 3 is 2.84 bits per heavy atom. The summed E-state index contributed by atoms with van der Waals surface area (Å²) in [5.41, 5.74) is 2.05. The molecule has 1 aromatic heterocycles. The lowest BCUT2D eigenvalue weighted by atomic mass is 10.1. The summed E-state index contributed by atoms with van der Waals surface area (Å²) in [7, 11) is 1.65. The largest absolute Gasteiger partial charge is 0.497 e. The van der Waals surface area contributed by atoms with Crippen molar-refractivity contribution in [3.63, 3.8) is 0 Å². The molecule has 0 spiro atoms. The number of aryl methyl sites for hydroxylation is 1. The summed E-state index contributed by atoms with van der Waals surface area (Å²) in [6, 6.07) is 17.8. The fourth-order valence-electron chi connectivity index (χ4n) is 3.99. The van der Waals surface area contributed by atoms with Crippen LogP contribution in [0.15, 0.2) is 65.2 Å². The minimum atomic E-state index is 0.115. The molecule has 1 aliphatic heterocycles. The van der Waals surface area contributed by atoms with Gasteiger partial charge in [-0.15, -0.1) is 0 Å². The van der Waals surface area contributed by atoms with Crippen molar-refractivity contribution in [2.45, 2.75) is 44.8 Å². The first-order chi connectivity index (χ1) is 15.7. The Kier molecular flexibility index (Phi) is 7.56. The Hall–Kier alpha value is -3.12. The van der Waals surface area contributed by atoms with Crippen molar-refractivity contribution in [3.8, 4) is 17.1 Å². The number of nitrogens with zero attached hydrogens (tertiary/aromatic N) is 2. The van der Waals surface area contributed by atoms with E-state index in [-0.39, 0.29) is 12.0 Å². The van der Waals surface area contributed by atoms with E-state index < -0.39 is 0 Å². The zero-order valence-electron chi connectivity index (χ0n) is 18.5. The van der Waals surface area contributed by atoms with Crippen LogP contribution in [-0.4, -0.2) is 42.2 Å². The van der Waals surface area contributed by atoms with E-state index in [1.807, 2.05) is 59.5 Å². The smallest absolute Gasteiger partial charge is 0.222 e. The summed E-state index contributed by atoms with van der Waals surface area (Å²) in [5, 5.41) is 0. The number of carbonyl (C=O) groups is 1. The highest BCUT2D eigenvalue weighted by Gasteiger charge is 2.23. The van der Waals surface area contributed by atoms with Crippen LogP contribution in [0.1, 0.15) is 37.1 Å². The Morgan fingerprint density at radius 1 is 1.19 bits per heavy atom. The highest BCUT2D eigenvalue weighted by molar-refractivity contribution is 5.76. The molecule has 2 heterocycles. The highest BCUT2D eigenvalue weighted by Crippen LogP contribution is 2.22. The van der Waals surface area contributed by atoms with E-state index in [0.29, 0.717) is 38.2 Å². The van der Waals surface area contributed by atoms with Crippen molar-refractivity contribution in [2.75, 3.05) is 20.3 Å². The van der Waals surface area contributed by atoms with Gasteiger partial charge in [-0.05, 0) is 37.0 Å². The molecule has 6 heteroatoms. The number of methoxy groups -OCH3 is 1. The number of oxazole rings is 1. The van der Waals surface area contributed by atoms with Crippen molar-refractivity contribution >= 4 is 5.91 Å². The van der Waals surface area contributed by atoms with E-state index in [1.54, 1.807) is 13.3 Å². The lowest BCUT2D eigenvalue weighted by Crippen LogP contribution is -2.36. The van der Waals surface area contributed by atoms with Gasteiger partial charge in [0.15, 0.2) is 11.7 Å². The number of ether oxygens (including phenoxy) is 2. The zero-order valence-corrected chi connectivity index (χ0v) is 18.5. The lowest BCUT2D eigenvalue weighted by molar-refractivity contribution is -0.133. The van der Waals surface area contributed by atoms with Crippen molar-refractivity contribution in [1.29, 1.82) is 0 Å². The molecule has 1 fully saturated rings. The molecule has 0 bridgehead atoms. The predicted molar refractivity (Wildman–Crippen MR) is 122 cm³/mol. The number of hydrogen-bond donors (Lipinski definition) is 0. The predicted octanol–water partition coefficient (Wildman–Crippen LogP) is 4.88. The van der Waals surface area contributed by atoms with Gasteiger partial charge >= 0.3 is 0 Å². The average molecular weight is 435 g/mol. The second kappa shape index (κ2) is 11.0. The van der Waals surface area contributed by atoms with Crippen LogP contribution in [0.5, 0.6) is 5.75 Å². The molecule has 1 amide bonds. The zero-order chi connectivity index (χ0) is 22.2. The Balaban J connectivity index is 1.34. The normalized spacial score (nSPS) is 15.6. The van der Waals surface area contributed by atoms with E-state index in [9.17, 15) is 4.79 Å². The fourth-order valence-corrected chi connectivity index (χ4v) is 3.99. The van der Waals surface area contributed by atoms with Crippen molar-refractivity contribution in [3.05, 3.63) is 72.2 Å². The van der Waals surface area contributed by atoms with Gasteiger partial charge in [0.1, 0.15) is 5.75 Å². The fraction of sp³-hybridized carbons (Fsp3) is 0.385. The Morgan fingerprint density at radius 2 is 2.06 bits per heavy atom. The lowest BCUT2D eigenvalue weighted by Gasteiger charge is -2.26. The molecular weight excluding hydrogens is 404 g/mol. The number of aromatic nitrogens is 1. The molecule has 1 unspecified atom stereocenters. The molecule has 6 nitrogen and oxygen atoms in total. The number of amides is 1. The van der Waals surface area contributed by atoms with Gasteiger partial charge in [0.2, 0.25) is 5.91 Å². The van der Waals surface area contributed by atoms with Crippen LogP contribution in [0, 0.1) is 0 Å². The Bertz CT molecular complexity index is 996. The first kappa shape index (κ1) is 22.1. The van der Waals surface area contributed by atoms with Crippen LogP contribution in [-0.2, 0) is 22.5 Å². The van der Waals surface area contributed by atoms with Gasteiger partial charge < -0.3 is 18.8 Å². The summed E-state index contributed by atoms with van der Waals surface area (Å²) in [4.78, 5) is 19.4. The molecule has 0 saturated carbocycles. The summed E-state index contributed by atoms with van der Waals surface area (Å²) < 4.78 is 17.0. The van der Waals surface area contributed by atoms with Crippen LogP contribution < -0.4 is 4.74 Å². The first-order valence-electron chi connectivity index (χ1n) is 11.2. The van der Waals surface area contributed by atoms with Gasteiger partial charge in [0, 0.05) is 38.1 Å². The molecule has 4 rings (SSSR count). The Labute approximate surface area is 189 Å². The minimum absolute atomic E-state index is 0.115. The molecule has 2 aromatic carbocycles. The minimum Gasteiger partial charge on any atom is -0.497 e. The molecule has 32 heavy (non-hydrogen) atoms. The summed E-state index contributed by atoms with van der Waals surface area (Å²) >= 11 is 0. The monoisotopic (exact) mass is 434 g/mol. The topological polar surface area (TPSA) is 64.8 Å². The standard InChI is InChI=1S/C26H30N2O4/c1-30-22-11-5-8-20(16-22)18-28(19-23-12-7-15-31-23)26(29)14-6-13-25-27-17-24(32-25)21-9-3-2-4-10-21/h2-5,8-11,16-17,23H,6-7,12-15,18-19H2,1H3. The van der Waals surface area contributed by atoms with Gasteiger partial charge in [0.25, 0.3) is 0 Å². The van der Waals surface area contributed by atoms with Gasteiger partial charge in [0.05, 0.1) is 19.4 Å².